The van der Waals surface area contributed by atoms with Gasteiger partial charge >= 0.3 is 0 Å². The first-order valence-electron chi connectivity index (χ1n) is 8.00. The molecule has 4 aromatic rings. The zero-order valence-electron chi connectivity index (χ0n) is 13.9. The Morgan fingerprint density at radius 3 is 2.12 bits per heavy atom. The van der Waals surface area contributed by atoms with Gasteiger partial charge in [0.05, 0.1) is 0 Å². The molecule has 0 aromatic carbocycles. The number of hydrogen-bond acceptors (Lipinski definition) is 4. The Balaban J connectivity index is 1.70. The van der Waals surface area contributed by atoms with Crippen LogP contribution in [0.3, 0.4) is 0 Å². The minimum Gasteiger partial charge on any atom is -0.143 e. The predicted molar refractivity (Wildman–Crippen MR) is 113 cm³/mol. The fourth-order valence-electron chi connectivity index (χ4n) is 2.76. The third kappa shape index (κ3) is 2.93. The maximum Gasteiger partial charge on any atom is 0.0478 e. The van der Waals surface area contributed by atoms with Gasteiger partial charge in [0.1, 0.15) is 0 Å². The van der Waals surface area contributed by atoms with E-state index in [1.807, 2.05) is 45.3 Å². The van der Waals surface area contributed by atoms with Crippen molar-refractivity contribution in [2.24, 2.45) is 0 Å². The molecule has 24 heavy (non-hydrogen) atoms. The zero-order valence-corrected chi connectivity index (χ0v) is 17.1. The molecule has 4 aromatic heterocycles. The first-order chi connectivity index (χ1) is 11.7. The molecule has 0 amide bonds. The summed E-state index contributed by atoms with van der Waals surface area (Å²) in [6.45, 7) is 6.65. The second kappa shape index (κ2) is 6.60. The fraction of sp³-hybridized carbons (Fsp3) is 0.200. The number of rotatable bonds is 4. The van der Waals surface area contributed by atoms with Crippen LogP contribution in [0.5, 0.6) is 0 Å². The lowest BCUT2D eigenvalue weighted by molar-refractivity contribution is 1.19. The molecule has 0 aliphatic rings. The highest BCUT2D eigenvalue weighted by molar-refractivity contribution is 7.28. The zero-order chi connectivity index (χ0) is 16.7. The molecule has 0 saturated heterocycles. The Bertz CT molecular complexity index is 977. The van der Waals surface area contributed by atoms with Gasteiger partial charge in [-0.05, 0) is 73.2 Å². The molecule has 0 bridgehead atoms. The molecule has 0 saturated carbocycles. The van der Waals surface area contributed by atoms with Crippen LogP contribution >= 0.6 is 45.3 Å². The van der Waals surface area contributed by atoms with Crippen molar-refractivity contribution in [2.45, 2.75) is 27.2 Å². The van der Waals surface area contributed by atoms with Gasteiger partial charge < -0.3 is 0 Å². The van der Waals surface area contributed by atoms with Crippen LogP contribution < -0.4 is 0 Å². The van der Waals surface area contributed by atoms with E-state index in [1.54, 1.807) is 0 Å². The summed E-state index contributed by atoms with van der Waals surface area (Å²) in [4.78, 5) is 9.86. The van der Waals surface area contributed by atoms with Gasteiger partial charge in [-0.2, -0.15) is 0 Å². The summed E-state index contributed by atoms with van der Waals surface area (Å²) in [6.07, 6.45) is 1.12. The minimum absolute atomic E-state index is 1.12. The summed E-state index contributed by atoms with van der Waals surface area (Å²) >= 11 is 7.61. The number of hydrogen-bond donors (Lipinski definition) is 0. The van der Waals surface area contributed by atoms with Gasteiger partial charge in [-0.25, -0.2) is 0 Å². The second-order valence-electron chi connectivity index (χ2n) is 5.84. The molecular formula is C20H18S4. The topological polar surface area (TPSA) is 0 Å². The second-order valence-corrected chi connectivity index (χ2v) is 10.1. The molecule has 4 rings (SSSR count). The van der Waals surface area contributed by atoms with Crippen LogP contribution in [0.2, 0.25) is 0 Å². The SMILES string of the molecule is CCc1ccc(-c2cc(C)c(-c3ccc(-c4sccc4C)s3)s2)s1. The van der Waals surface area contributed by atoms with E-state index < -0.39 is 0 Å². The molecule has 0 aliphatic heterocycles. The van der Waals surface area contributed by atoms with E-state index >= 15 is 0 Å². The van der Waals surface area contributed by atoms with Crippen molar-refractivity contribution < 1.29 is 0 Å². The van der Waals surface area contributed by atoms with E-state index in [4.69, 9.17) is 0 Å². The summed E-state index contributed by atoms with van der Waals surface area (Å²) < 4.78 is 0. The monoisotopic (exact) mass is 386 g/mol. The van der Waals surface area contributed by atoms with Crippen molar-refractivity contribution in [3.63, 3.8) is 0 Å². The predicted octanol–water partition coefficient (Wildman–Crippen LogP) is 8.11. The lowest BCUT2D eigenvalue weighted by atomic mass is 10.2. The molecular weight excluding hydrogens is 368 g/mol. The van der Waals surface area contributed by atoms with Crippen molar-refractivity contribution >= 4 is 45.3 Å². The van der Waals surface area contributed by atoms with Crippen LogP contribution in [0.15, 0.2) is 41.8 Å². The van der Waals surface area contributed by atoms with E-state index in [0.717, 1.165) is 6.42 Å². The van der Waals surface area contributed by atoms with Gasteiger partial charge in [-0.1, -0.05) is 6.92 Å². The Morgan fingerprint density at radius 2 is 1.46 bits per heavy atom. The summed E-state index contributed by atoms with van der Waals surface area (Å²) in [5.74, 6) is 0. The van der Waals surface area contributed by atoms with Gasteiger partial charge in [-0.3, -0.25) is 0 Å². The van der Waals surface area contributed by atoms with Gasteiger partial charge in [-0.15, -0.1) is 45.3 Å². The molecule has 0 aliphatic carbocycles. The number of thiophene rings is 4. The number of aryl methyl sites for hydroxylation is 3. The molecule has 4 heterocycles. The van der Waals surface area contributed by atoms with Gasteiger partial charge in [0.15, 0.2) is 0 Å². The minimum atomic E-state index is 1.12. The molecule has 122 valence electrons. The Hall–Kier alpha value is -1.20. The Labute approximate surface area is 159 Å². The van der Waals surface area contributed by atoms with E-state index in [0.29, 0.717) is 0 Å². The van der Waals surface area contributed by atoms with Crippen molar-refractivity contribution in [1.29, 1.82) is 0 Å². The van der Waals surface area contributed by atoms with Crippen molar-refractivity contribution in [3.05, 3.63) is 57.8 Å². The van der Waals surface area contributed by atoms with Gasteiger partial charge in [0.2, 0.25) is 0 Å². The van der Waals surface area contributed by atoms with Crippen molar-refractivity contribution in [2.75, 3.05) is 0 Å². The van der Waals surface area contributed by atoms with Crippen LogP contribution in [0.25, 0.3) is 29.3 Å². The molecule has 0 atom stereocenters. The average molecular weight is 387 g/mol. The fourth-order valence-corrected chi connectivity index (χ4v) is 7.26. The first-order valence-corrected chi connectivity index (χ1v) is 11.3. The highest BCUT2D eigenvalue weighted by atomic mass is 32.1. The molecule has 0 nitrogen and oxygen atoms in total. The van der Waals surface area contributed by atoms with Gasteiger partial charge in [0.25, 0.3) is 0 Å². The molecule has 0 N–H and O–H groups in total. The maximum absolute atomic E-state index is 2.35. The van der Waals surface area contributed by atoms with Gasteiger partial charge in [0, 0.05) is 34.1 Å². The summed E-state index contributed by atoms with van der Waals surface area (Å²) in [7, 11) is 0. The highest BCUT2D eigenvalue weighted by Gasteiger charge is 2.14. The first kappa shape index (κ1) is 16.3. The Morgan fingerprint density at radius 1 is 0.708 bits per heavy atom. The van der Waals surface area contributed by atoms with E-state index in [-0.39, 0.29) is 0 Å². The van der Waals surface area contributed by atoms with Crippen LogP contribution in [0.4, 0.5) is 0 Å². The largest absolute Gasteiger partial charge is 0.143 e. The molecule has 0 unspecified atom stereocenters. The maximum atomic E-state index is 2.35. The molecule has 4 heteroatoms. The molecule has 0 radical (unpaired) electrons. The quantitative estimate of drug-likeness (QED) is 0.332. The van der Waals surface area contributed by atoms with E-state index in [9.17, 15) is 0 Å². The summed E-state index contributed by atoms with van der Waals surface area (Å²) in [5.41, 5.74) is 2.76. The van der Waals surface area contributed by atoms with E-state index in [1.165, 1.54) is 45.3 Å². The smallest absolute Gasteiger partial charge is 0.0478 e. The van der Waals surface area contributed by atoms with Crippen molar-refractivity contribution in [3.8, 4) is 29.3 Å². The lowest BCUT2D eigenvalue weighted by Crippen LogP contribution is -1.68. The Kier molecular flexibility index (Phi) is 4.48. The normalized spacial score (nSPS) is 11.3. The average Bonchev–Trinajstić information content (AvgIpc) is 3.32. The van der Waals surface area contributed by atoms with Crippen molar-refractivity contribution in [1.82, 2.24) is 0 Å². The third-order valence-electron chi connectivity index (χ3n) is 4.09. The standard InChI is InChI=1S/C20H18S4/c1-4-14-5-6-15(22-14)18-11-13(3)20(24-18)17-8-7-16(23-17)19-12(2)9-10-21-19/h5-11H,4H2,1-3H3. The third-order valence-corrected chi connectivity index (χ3v) is 9.21. The van der Waals surface area contributed by atoms with Crippen LogP contribution in [0.1, 0.15) is 22.9 Å². The van der Waals surface area contributed by atoms with E-state index in [2.05, 4.69) is 62.5 Å². The molecule has 0 spiro atoms. The van der Waals surface area contributed by atoms with Crippen LogP contribution in [-0.4, -0.2) is 0 Å². The highest BCUT2D eigenvalue weighted by Crippen LogP contribution is 2.45. The summed E-state index contributed by atoms with van der Waals surface area (Å²) in [6, 6.07) is 13.6. The molecule has 0 fully saturated rings. The van der Waals surface area contributed by atoms with Crippen LogP contribution in [0, 0.1) is 13.8 Å². The summed E-state index contributed by atoms with van der Waals surface area (Å²) in [5, 5.41) is 2.18. The van der Waals surface area contributed by atoms with Crippen LogP contribution in [-0.2, 0) is 6.42 Å². The lowest BCUT2D eigenvalue weighted by Gasteiger charge is -1.95.